The van der Waals surface area contributed by atoms with E-state index in [0.717, 1.165) is 12.1 Å². The quantitative estimate of drug-likeness (QED) is 0.920. The maximum Gasteiger partial charge on any atom is 0.416 e. The molecule has 25 heavy (non-hydrogen) atoms. The van der Waals surface area contributed by atoms with Gasteiger partial charge in [0.1, 0.15) is 12.7 Å². The summed E-state index contributed by atoms with van der Waals surface area (Å²) < 4.78 is 49.3. The van der Waals surface area contributed by atoms with Gasteiger partial charge in [-0.3, -0.25) is 4.79 Å². The van der Waals surface area contributed by atoms with E-state index in [1.165, 1.54) is 12.1 Å². The maximum atomic E-state index is 12.7. The number of nitrogens with one attached hydrogen (secondary N) is 1. The molecule has 0 radical (unpaired) electrons. The van der Waals surface area contributed by atoms with Crippen LogP contribution in [0, 0.1) is 0 Å². The molecule has 0 aromatic heterocycles. The molecule has 0 saturated carbocycles. The van der Waals surface area contributed by atoms with Gasteiger partial charge < -0.3 is 14.8 Å². The number of para-hydroxylation sites is 2. The number of carbonyl (C=O) groups excluding carboxylic acids is 1. The van der Waals surface area contributed by atoms with E-state index in [0.29, 0.717) is 23.7 Å². The Balaban J connectivity index is 1.52. The second kappa shape index (κ2) is 7.04. The zero-order chi connectivity index (χ0) is 17.9. The molecule has 2 aromatic carbocycles. The second-order valence-electron chi connectivity index (χ2n) is 5.68. The summed E-state index contributed by atoms with van der Waals surface area (Å²) in [6, 6.07) is 12.0. The van der Waals surface area contributed by atoms with Gasteiger partial charge in [-0.2, -0.15) is 13.2 Å². The molecule has 1 aliphatic heterocycles. The van der Waals surface area contributed by atoms with Crippen LogP contribution >= 0.6 is 0 Å². The van der Waals surface area contributed by atoms with Gasteiger partial charge in [-0.15, -0.1) is 0 Å². The number of benzene rings is 2. The molecule has 1 atom stereocenters. The first kappa shape index (κ1) is 17.1. The van der Waals surface area contributed by atoms with Crippen LogP contribution in [0.1, 0.15) is 11.1 Å². The molecule has 0 fully saturated rings. The summed E-state index contributed by atoms with van der Waals surface area (Å²) in [4.78, 5) is 12.0. The zero-order valence-electron chi connectivity index (χ0n) is 13.2. The molecule has 4 nitrogen and oxygen atoms in total. The van der Waals surface area contributed by atoms with Gasteiger partial charge in [0.25, 0.3) is 0 Å². The molecule has 2 aromatic rings. The van der Waals surface area contributed by atoms with Crippen molar-refractivity contribution in [1.29, 1.82) is 0 Å². The molecule has 132 valence electrons. The predicted molar refractivity (Wildman–Crippen MR) is 84.5 cm³/mol. The normalized spacial score (nSPS) is 16.4. The lowest BCUT2D eigenvalue weighted by Gasteiger charge is -2.26. The molecule has 0 bridgehead atoms. The number of amides is 1. The fourth-order valence-corrected chi connectivity index (χ4v) is 2.50. The highest BCUT2D eigenvalue weighted by molar-refractivity contribution is 5.78. The molecule has 1 heterocycles. The highest BCUT2D eigenvalue weighted by Crippen LogP contribution is 2.31. The molecule has 1 aliphatic rings. The first-order valence-electron chi connectivity index (χ1n) is 7.73. The molecule has 0 saturated heterocycles. The highest BCUT2D eigenvalue weighted by atomic mass is 19.4. The highest BCUT2D eigenvalue weighted by Gasteiger charge is 2.30. The zero-order valence-corrected chi connectivity index (χ0v) is 13.2. The summed E-state index contributed by atoms with van der Waals surface area (Å²) >= 11 is 0. The van der Waals surface area contributed by atoms with E-state index in [2.05, 4.69) is 5.32 Å². The van der Waals surface area contributed by atoms with E-state index in [1.54, 1.807) is 12.1 Å². The van der Waals surface area contributed by atoms with Gasteiger partial charge in [-0.1, -0.05) is 30.3 Å². The SMILES string of the molecule is O=C(Cc1cccc(C(F)(F)F)c1)NC[C@@H]1COc2ccccc2O1. The van der Waals surface area contributed by atoms with E-state index in [1.807, 2.05) is 12.1 Å². The molecular formula is C18H16F3NO3. The summed E-state index contributed by atoms with van der Waals surface area (Å²) in [6.45, 7) is 0.507. The summed E-state index contributed by atoms with van der Waals surface area (Å²) in [5, 5.41) is 2.66. The number of halogens is 3. The Morgan fingerprint density at radius 3 is 2.64 bits per heavy atom. The lowest BCUT2D eigenvalue weighted by atomic mass is 10.1. The molecule has 0 unspecified atom stereocenters. The van der Waals surface area contributed by atoms with Crippen molar-refractivity contribution in [3.63, 3.8) is 0 Å². The number of hydrogen-bond donors (Lipinski definition) is 1. The van der Waals surface area contributed by atoms with E-state index in [4.69, 9.17) is 9.47 Å². The van der Waals surface area contributed by atoms with Gasteiger partial charge in [0.05, 0.1) is 18.5 Å². The maximum absolute atomic E-state index is 12.7. The minimum absolute atomic E-state index is 0.131. The van der Waals surface area contributed by atoms with Gasteiger partial charge in [0, 0.05) is 0 Å². The van der Waals surface area contributed by atoms with Crippen LogP contribution < -0.4 is 14.8 Å². The van der Waals surface area contributed by atoms with E-state index in [9.17, 15) is 18.0 Å². The molecule has 1 N–H and O–H groups in total. The van der Waals surface area contributed by atoms with E-state index < -0.39 is 11.7 Å². The third-order valence-corrected chi connectivity index (χ3v) is 3.71. The number of fused-ring (bicyclic) bond motifs is 1. The van der Waals surface area contributed by atoms with Crippen LogP contribution in [0.3, 0.4) is 0 Å². The number of hydrogen-bond acceptors (Lipinski definition) is 3. The monoisotopic (exact) mass is 351 g/mol. The molecule has 7 heteroatoms. The Bertz CT molecular complexity index is 761. The largest absolute Gasteiger partial charge is 0.486 e. The van der Waals surface area contributed by atoms with E-state index >= 15 is 0 Å². The van der Waals surface area contributed by atoms with Gasteiger partial charge in [0.15, 0.2) is 11.5 Å². The predicted octanol–water partition coefficient (Wildman–Crippen LogP) is 3.20. The number of rotatable bonds is 4. The Morgan fingerprint density at radius 1 is 1.12 bits per heavy atom. The van der Waals surface area contributed by atoms with Gasteiger partial charge in [0.2, 0.25) is 5.91 Å². The molecule has 0 aliphatic carbocycles. The third kappa shape index (κ3) is 4.43. The number of ether oxygens (including phenoxy) is 2. The lowest BCUT2D eigenvalue weighted by Crippen LogP contribution is -2.41. The van der Waals surface area contributed by atoms with Crippen LogP contribution in [-0.2, 0) is 17.4 Å². The average molecular weight is 351 g/mol. The van der Waals surface area contributed by atoms with Crippen molar-refractivity contribution >= 4 is 5.91 Å². The number of carbonyl (C=O) groups is 1. The fraction of sp³-hybridized carbons (Fsp3) is 0.278. The lowest BCUT2D eigenvalue weighted by molar-refractivity contribution is -0.137. The Hall–Kier alpha value is -2.70. The van der Waals surface area contributed by atoms with Crippen LogP contribution in [0.4, 0.5) is 13.2 Å². The van der Waals surface area contributed by atoms with Crippen LogP contribution in [0.5, 0.6) is 11.5 Å². The minimum Gasteiger partial charge on any atom is -0.486 e. The van der Waals surface area contributed by atoms with Crippen molar-refractivity contribution in [2.24, 2.45) is 0 Å². The molecule has 3 rings (SSSR count). The third-order valence-electron chi connectivity index (χ3n) is 3.71. The summed E-state index contributed by atoms with van der Waals surface area (Å²) in [5.41, 5.74) is -0.461. The molecule has 1 amide bonds. The summed E-state index contributed by atoms with van der Waals surface area (Å²) in [6.07, 6.45) is -4.90. The standard InChI is InChI=1S/C18H16F3NO3/c19-18(20,21)13-5-3-4-12(8-13)9-17(23)22-10-14-11-24-15-6-1-2-7-16(15)25-14/h1-8,14H,9-11H2,(H,22,23)/t14-/m1/s1. The summed E-state index contributed by atoms with van der Waals surface area (Å²) in [5.74, 6) is 0.877. The minimum atomic E-state index is -4.42. The van der Waals surface area contributed by atoms with Crippen LogP contribution in [0.15, 0.2) is 48.5 Å². The van der Waals surface area contributed by atoms with Crippen molar-refractivity contribution in [3.8, 4) is 11.5 Å². The first-order chi connectivity index (χ1) is 11.9. The van der Waals surface area contributed by atoms with Crippen molar-refractivity contribution in [2.75, 3.05) is 13.2 Å². The topological polar surface area (TPSA) is 47.6 Å². The molecule has 0 spiro atoms. The first-order valence-corrected chi connectivity index (χ1v) is 7.73. The fourth-order valence-electron chi connectivity index (χ4n) is 2.50. The smallest absolute Gasteiger partial charge is 0.416 e. The molecular weight excluding hydrogens is 335 g/mol. The summed E-state index contributed by atoms with van der Waals surface area (Å²) in [7, 11) is 0. The van der Waals surface area contributed by atoms with Gasteiger partial charge >= 0.3 is 6.18 Å². The Labute approximate surface area is 142 Å². The van der Waals surface area contributed by atoms with Crippen LogP contribution in [0.2, 0.25) is 0 Å². The Morgan fingerprint density at radius 2 is 1.88 bits per heavy atom. The Kier molecular flexibility index (Phi) is 4.83. The van der Waals surface area contributed by atoms with Crippen molar-refractivity contribution in [1.82, 2.24) is 5.32 Å². The van der Waals surface area contributed by atoms with Gasteiger partial charge in [-0.05, 0) is 23.8 Å². The van der Waals surface area contributed by atoms with Gasteiger partial charge in [-0.25, -0.2) is 0 Å². The number of alkyl halides is 3. The van der Waals surface area contributed by atoms with E-state index in [-0.39, 0.29) is 25.0 Å². The second-order valence-corrected chi connectivity index (χ2v) is 5.68. The van der Waals surface area contributed by atoms with Crippen molar-refractivity contribution < 1.29 is 27.4 Å². The van der Waals surface area contributed by atoms with Crippen molar-refractivity contribution in [3.05, 3.63) is 59.7 Å². The average Bonchev–Trinajstić information content (AvgIpc) is 2.59. The van der Waals surface area contributed by atoms with Crippen LogP contribution in [0.25, 0.3) is 0 Å². The van der Waals surface area contributed by atoms with Crippen molar-refractivity contribution in [2.45, 2.75) is 18.7 Å². The van der Waals surface area contributed by atoms with Crippen LogP contribution in [-0.4, -0.2) is 25.2 Å².